The number of hydrogen-bond acceptors (Lipinski definition) is 2. The lowest BCUT2D eigenvalue weighted by atomic mass is 10.2. The van der Waals surface area contributed by atoms with Crippen molar-refractivity contribution in [2.75, 3.05) is 0 Å². The zero-order valence-electron chi connectivity index (χ0n) is 11.5. The molecule has 22 heavy (non-hydrogen) atoms. The van der Waals surface area contributed by atoms with Crippen LogP contribution in [0.4, 0.5) is 0 Å². The predicted octanol–water partition coefficient (Wildman–Crippen LogP) is 5.29. The van der Waals surface area contributed by atoms with Gasteiger partial charge < -0.3 is 0 Å². The lowest BCUT2D eigenvalue weighted by Crippen LogP contribution is -2.17. The first-order valence-corrected chi connectivity index (χ1v) is 8.88. The van der Waals surface area contributed by atoms with Crippen LogP contribution in [-0.2, 0) is 0 Å². The fourth-order valence-electron chi connectivity index (χ4n) is 2.33. The highest BCUT2D eigenvalue weighted by Crippen LogP contribution is 2.34. The van der Waals surface area contributed by atoms with Crippen molar-refractivity contribution in [3.8, 4) is 11.3 Å². The van der Waals surface area contributed by atoms with Crippen LogP contribution in [0.5, 0.6) is 0 Å². The molecule has 5 heteroatoms. The van der Waals surface area contributed by atoms with E-state index in [4.69, 9.17) is 11.6 Å². The molecule has 0 aliphatic rings. The minimum atomic E-state index is 0.759. The van der Waals surface area contributed by atoms with Gasteiger partial charge in [0.05, 0.1) is 0 Å². The Labute approximate surface area is 141 Å². The van der Waals surface area contributed by atoms with Crippen molar-refractivity contribution in [1.82, 2.24) is 4.98 Å². The number of thiazole rings is 1. The van der Waals surface area contributed by atoms with E-state index in [2.05, 4.69) is 45.2 Å². The Morgan fingerprint density at radius 2 is 1.77 bits per heavy atom. The van der Waals surface area contributed by atoms with Crippen molar-refractivity contribution in [2.45, 2.75) is 9.92 Å². The van der Waals surface area contributed by atoms with Gasteiger partial charge in [-0.2, -0.15) is 4.40 Å². The second-order valence-electron chi connectivity index (χ2n) is 4.81. The van der Waals surface area contributed by atoms with Crippen molar-refractivity contribution in [2.24, 2.45) is 0 Å². The number of nitrogens with one attached hydrogen (secondary N) is 1. The number of halogens is 1. The summed E-state index contributed by atoms with van der Waals surface area (Å²) in [4.78, 5) is 5.83. The first-order chi connectivity index (χ1) is 10.8. The standard InChI is InChI=1S/C17H11ClN2S2/c18-13-6-8-14(9-7-13)22-16-15(12-4-2-1-3-5-12)19-17-20(16)10-11-21-17/h1-11H/p+1. The van der Waals surface area contributed by atoms with E-state index in [1.807, 2.05) is 30.3 Å². The minimum absolute atomic E-state index is 0.759. The van der Waals surface area contributed by atoms with Gasteiger partial charge in [0, 0.05) is 20.9 Å². The Bertz CT molecular complexity index is 911. The molecule has 2 heterocycles. The van der Waals surface area contributed by atoms with E-state index in [0.29, 0.717) is 0 Å². The van der Waals surface area contributed by atoms with E-state index < -0.39 is 0 Å². The molecule has 2 aromatic heterocycles. The Morgan fingerprint density at radius 3 is 2.55 bits per heavy atom. The van der Waals surface area contributed by atoms with Gasteiger partial charge in [-0.25, -0.2) is 4.98 Å². The first kappa shape index (κ1) is 13.9. The van der Waals surface area contributed by atoms with Crippen LogP contribution in [0.25, 0.3) is 16.2 Å². The Morgan fingerprint density at radius 1 is 1.00 bits per heavy atom. The van der Waals surface area contributed by atoms with Gasteiger partial charge in [-0.3, -0.25) is 0 Å². The molecule has 0 spiro atoms. The summed E-state index contributed by atoms with van der Waals surface area (Å²) < 4.78 is 2.20. The van der Waals surface area contributed by atoms with Gasteiger partial charge in [-0.05, 0) is 36.0 Å². The van der Waals surface area contributed by atoms with Crippen molar-refractivity contribution < 1.29 is 4.40 Å². The molecule has 0 bridgehead atoms. The van der Waals surface area contributed by atoms with Crippen molar-refractivity contribution >= 4 is 39.7 Å². The molecule has 0 atom stereocenters. The van der Waals surface area contributed by atoms with E-state index in [0.717, 1.165) is 15.7 Å². The van der Waals surface area contributed by atoms with E-state index in [1.54, 1.807) is 23.1 Å². The largest absolute Gasteiger partial charge is 0.344 e. The van der Waals surface area contributed by atoms with Gasteiger partial charge in [0.1, 0.15) is 6.20 Å². The number of imidazole rings is 1. The van der Waals surface area contributed by atoms with Crippen LogP contribution < -0.4 is 4.40 Å². The fourth-order valence-corrected chi connectivity index (χ4v) is 4.26. The van der Waals surface area contributed by atoms with Crippen molar-refractivity contribution in [1.29, 1.82) is 0 Å². The number of aromatic nitrogens is 2. The molecule has 1 N–H and O–H groups in total. The molecule has 0 fully saturated rings. The molecule has 4 rings (SSSR count). The lowest BCUT2D eigenvalue weighted by Gasteiger charge is -2.00. The minimum Gasteiger partial charge on any atom is -0.226 e. The Kier molecular flexibility index (Phi) is 3.66. The number of nitrogens with zero attached hydrogens (tertiary/aromatic N) is 1. The smallest absolute Gasteiger partial charge is 0.226 e. The zero-order valence-corrected chi connectivity index (χ0v) is 13.9. The SMILES string of the molecule is Clc1ccc(Sc2c(-c3ccccc3)[nH]c3scc[n+]23)cc1. The molecular weight excluding hydrogens is 332 g/mol. The van der Waals surface area contributed by atoms with E-state index in [9.17, 15) is 0 Å². The van der Waals surface area contributed by atoms with Crippen LogP contribution in [0.2, 0.25) is 5.02 Å². The van der Waals surface area contributed by atoms with Crippen LogP contribution in [-0.4, -0.2) is 4.98 Å². The van der Waals surface area contributed by atoms with Gasteiger partial charge in [-0.1, -0.05) is 53.3 Å². The van der Waals surface area contributed by atoms with Crippen LogP contribution in [0.3, 0.4) is 0 Å². The van der Waals surface area contributed by atoms with Crippen LogP contribution in [0.15, 0.2) is 76.1 Å². The third-order valence-corrected chi connectivity index (χ3v) is 5.50. The third-order valence-electron chi connectivity index (χ3n) is 3.36. The normalized spacial score (nSPS) is 11.1. The van der Waals surface area contributed by atoms with Gasteiger partial charge in [0.15, 0.2) is 5.69 Å². The topological polar surface area (TPSA) is 19.9 Å². The molecular formula is C17H12ClN2S2+. The maximum atomic E-state index is 5.98. The number of fused-ring (bicyclic) bond motifs is 1. The quantitative estimate of drug-likeness (QED) is 0.501. The highest BCUT2D eigenvalue weighted by molar-refractivity contribution is 7.99. The summed E-state index contributed by atoms with van der Waals surface area (Å²) in [6.07, 6.45) is 2.10. The summed E-state index contributed by atoms with van der Waals surface area (Å²) in [5, 5.41) is 4.03. The molecule has 0 unspecified atom stereocenters. The summed E-state index contributed by atoms with van der Waals surface area (Å²) >= 11 is 9.42. The molecule has 108 valence electrons. The zero-order chi connectivity index (χ0) is 14.9. The maximum absolute atomic E-state index is 5.98. The first-order valence-electron chi connectivity index (χ1n) is 6.81. The van der Waals surface area contributed by atoms with Crippen molar-refractivity contribution in [3.63, 3.8) is 0 Å². The average Bonchev–Trinajstić information content (AvgIpc) is 3.13. The number of hydrogen-bond donors (Lipinski definition) is 1. The van der Waals surface area contributed by atoms with Gasteiger partial charge in [-0.15, -0.1) is 0 Å². The van der Waals surface area contributed by atoms with Crippen LogP contribution >= 0.6 is 34.7 Å². The number of rotatable bonds is 3. The fraction of sp³-hybridized carbons (Fsp3) is 0. The van der Waals surface area contributed by atoms with Crippen LogP contribution in [0, 0.1) is 0 Å². The van der Waals surface area contributed by atoms with Crippen molar-refractivity contribution in [3.05, 3.63) is 71.2 Å². The Hall–Kier alpha value is -1.75. The average molecular weight is 344 g/mol. The molecule has 0 amide bonds. The number of benzene rings is 2. The third kappa shape index (κ3) is 2.54. The Balaban J connectivity index is 1.84. The highest BCUT2D eigenvalue weighted by atomic mass is 35.5. The molecule has 4 aromatic rings. The van der Waals surface area contributed by atoms with E-state index in [1.165, 1.54) is 15.5 Å². The molecule has 2 nitrogen and oxygen atoms in total. The van der Waals surface area contributed by atoms with E-state index >= 15 is 0 Å². The van der Waals surface area contributed by atoms with Crippen LogP contribution in [0.1, 0.15) is 0 Å². The van der Waals surface area contributed by atoms with Gasteiger partial charge in [0.25, 0.3) is 0 Å². The summed E-state index contributed by atoms with van der Waals surface area (Å²) in [6.45, 7) is 0. The molecule has 0 aliphatic heterocycles. The van der Waals surface area contributed by atoms with Gasteiger partial charge >= 0.3 is 4.96 Å². The number of aromatic amines is 1. The summed E-state index contributed by atoms with van der Waals surface area (Å²) in [5.74, 6) is 0. The summed E-state index contributed by atoms with van der Waals surface area (Å²) in [6, 6.07) is 18.4. The van der Waals surface area contributed by atoms with Gasteiger partial charge in [0.2, 0.25) is 5.03 Å². The monoisotopic (exact) mass is 343 g/mol. The van der Waals surface area contributed by atoms with E-state index in [-0.39, 0.29) is 0 Å². The lowest BCUT2D eigenvalue weighted by molar-refractivity contribution is -0.547. The maximum Gasteiger partial charge on any atom is 0.344 e. The molecule has 0 saturated carbocycles. The second kappa shape index (κ2) is 5.80. The predicted molar refractivity (Wildman–Crippen MR) is 92.8 cm³/mol. The summed E-state index contributed by atoms with van der Waals surface area (Å²) in [5.41, 5.74) is 2.34. The highest BCUT2D eigenvalue weighted by Gasteiger charge is 2.22. The molecule has 0 saturated heterocycles. The molecule has 0 radical (unpaired) electrons. The molecule has 0 aliphatic carbocycles. The summed E-state index contributed by atoms with van der Waals surface area (Å²) in [7, 11) is 0. The molecule has 2 aromatic carbocycles. The second-order valence-corrected chi connectivity index (χ2v) is 7.20. The number of H-pyrrole nitrogens is 1.